The summed E-state index contributed by atoms with van der Waals surface area (Å²) in [5.41, 5.74) is 0.751. The highest BCUT2D eigenvalue weighted by Gasteiger charge is 2.23. The SMILES string of the molecule is COC(=O)C(NC(C)CC(=O)O)c1ccccc1. The van der Waals surface area contributed by atoms with E-state index in [9.17, 15) is 9.59 Å². The van der Waals surface area contributed by atoms with Gasteiger partial charge in [0.1, 0.15) is 6.04 Å². The zero-order chi connectivity index (χ0) is 13.5. The van der Waals surface area contributed by atoms with E-state index in [1.165, 1.54) is 7.11 Å². The number of nitrogens with one attached hydrogen (secondary N) is 1. The lowest BCUT2D eigenvalue weighted by atomic mass is 10.1. The molecule has 2 unspecified atom stereocenters. The van der Waals surface area contributed by atoms with Gasteiger partial charge >= 0.3 is 11.9 Å². The standard InChI is InChI=1S/C13H17NO4/c1-9(8-11(15)16)14-12(13(17)18-2)10-6-4-3-5-7-10/h3-7,9,12,14H,8H2,1-2H3,(H,15,16). The van der Waals surface area contributed by atoms with Crippen LogP contribution in [0, 0.1) is 0 Å². The first-order chi connectivity index (χ1) is 8.54. The molecule has 0 saturated heterocycles. The summed E-state index contributed by atoms with van der Waals surface area (Å²) < 4.78 is 4.72. The van der Waals surface area contributed by atoms with E-state index in [0.717, 1.165) is 5.56 Å². The highest BCUT2D eigenvalue weighted by atomic mass is 16.5. The molecule has 1 aromatic rings. The van der Waals surface area contributed by atoms with E-state index in [4.69, 9.17) is 9.84 Å². The smallest absolute Gasteiger partial charge is 0.327 e. The van der Waals surface area contributed by atoms with Crippen LogP contribution in [0.25, 0.3) is 0 Å². The predicted octanol–water partition coefficient (Wildman–Crippen LogP) is 1.35. The zero-order valence-electron chi connectivity index (χ0n) is 10.4. The zero-order valence-corrected chi connectivity index (χ0v) is 10.4. The van der Waals surface area contributed by atoms with Gasteiger partial charge in [-0.25, -0.2) is 4.79 Å². The van der Waals surface area contributed by atoms with Gasteiger partial charge in [0, 0.05) is 6.04 Å². The average Bonchev–Trinajstić information content (AvgIpc) is 2.35. The highest BCUT2D eigenvalue weighted by molar-refractivity contribution is 5.77. The number of methoxy groups -OCH3 is 1. The first kappa shape index (κ1) is 14.2. The molecule has 2 N–H and O–H groups in total. The van der Waals surface area contributed by atoms with Crippen molar-refractivity contribution in [2.45, 2.75) is 25.4 Å². The Hall–Kier alpha value is -1.88. The molecule has 0 heterocycles. The Balaban J connectivity index is 2.80. The van der Waals surface area contributed by atoms with Crippen molar-refractivity contribution in [3.8, 4) is 0 Å². The van der Waals surface area contributed by atoms with E-state index in [2.05, 4.69) is 5.32 Å². The first-order valence-electron chi connectivity index (χ1n) is 5.65. The second-order valence-electron chi connectivity index (χ2n) is 4.03. The van der Waals surface area contributed by atoms with Crippen LogP contribution < -0.4 is 5.32 Å². The summed E-state index contributed by atoms with van der Waals surface area (Å²) in [6.07, 6.45) is -0.0552. The normalized spacial score (nSPS) is 13.7. The van der Waals surface area contributed by atoms with Gasteiger partial charge in [-0.15, -0.1) is 0 Å². The monoisotopic (exact) mass is 251 g/mol. The maximum atomic E-state index is 11.7. The van der Waals surface area contributed by atoms with Crippen molar-refractivity contribution in [1.82, 2.24) is 5.32 Å². The summed E-state index contributed by atoms with van der Waals surface area (Å²) in [6, 6.07) is 8.09. The number of carboxylic acids is 1. The molecule has 1 aromatic carbocycles. The number of ether oxygens (including phenoxy) is 1. The van der Waals surface area contributed by atoms with E-state index >= 15 is 0 Å². The fourth-order valence-electron chi connectivity index (χ4n) is 1.67. The number of carbonyl (C=O) groups is 2. The van der Waals surface area contributed by atoms with Crippen molar-refractivity contribution < 1.29 is 19.4 Å². The Labute approximate surface area is 106 Å². The average molecular weight is 251 g/mol. The lowest BCUT2D eigenvalue weighted by molar-refractivity contribution is -0.144. The Morgan fingerprint density at radius 3 is 2.44 bits per heavy atom. The molecule has 0 aliphatic heterocycles. The molecule has 0 aliphatic carbocycles. The number of aliphatic carboxylic acids is 1. The molecular weight excluding hydrogens is 234 g/mol. The highest BCUT2D eigenvalue weighted by Crippen LogP contribution is 2.15. The molecule has 0 aliphatic rings. The van der Waals surface area contributed by atoms with Crippen LogP contribution in [-0.2, 0) is 14.3 Å². The van der Waals surface area contributed by atoms with E-state index in [1.54, 1.807) is 19.1 Å². The molecule has 0 bridgehead atoms. The van der Waals surface area contributed by atoms with E-state index in [0.29, 0.717) is 0 Å². The van der Waals surface area contributed by atoms with Crippen LogP contribution in [0.2, 0.25) is 0 Å². The molecule has 98 valence electrons. The van der Waals surface area contributed by atoms with Crippen molar-refractivity contribution in [2.75, 3.05) is 7.11 Å². The number of carboxylic acid groups (broad SMARTS) is 1. The van der Waals surface area contributed by atoms with E-state index in [1.807, 2.05) is 18.2 Å². The maximum absolute atomic E-state index is 11.7. The third-order valence-corrected chi connectivity index (χ3v) is 2.50. The summed E-state index contributed by atoms with van der Waals surface area (Å²) in [6.45, 7) is 1.72. The molecule has 0 amide bonds. The Bertz CT molecular complexity index is 405. The minimum absolute atomic E-state index is 0.0552. The maximum Gasteiger partial charge on any atom is 0.327 e. The molecule has 0 radical (unpaired) electrons. The lowest BCUT2D eigenvalue weighted by Crippen LogP contribution is -2.37. The number of hydrogen-bond acceptors (Lipinski definition) is 4. The second kappa shape index (κ2) is 6.76. The predicted molar refractivity (Wildman–Crippen MR) is 66.0 cm³/mol. The van der Waals surface area contributed by atoms with Crippen LogP contribution in [-0.4, -0.2) is 30.2 Å². The van der Waals surface area contributed by atoms with Crippen molar-refractivity contribution >= 4 is 11.9 Å². The van der Waals surface area contributed by atoms with Gasteiger partial charge < -0.3 is 9.84 Å². The second-order valence-corrected chi connectivity index (χ2v) is 4.03. The summed E-state index contributed by atoms with van der Waals surface area (Å²) in [5.74, 6) is -1.34. The molecule has 2 atom stereocenters. The summed E-state index contributed by atoms with van der Waals surface area (Å²) in [5, 5.41) is 11.7. The fourth-order valence-corrected chi connectivity index (χ4v) is 1.67. The molecular formula is C13H17NO4. The van der Waals surface area contributed by atoms with Gasteiger partial charge in [-0.3, -0.25) is 10.1 Å². The van der Waals surface area contributed by atoms with Gasteiger partial charge in [-0.05, 0) is 12.5 Å². The number of carbonyl (C=O) groups excluding carboxylic acids is 1. The van der Waals surface area contributed by atoms with Crippen LogP contribution in [0.4, 0.5) is 0 Å². The van der Waals surface area contributed by atoms with E-state index < -0.39 is 18.0 Å². The van der Waals surface area contributed by atoms with E-state index in [-0.39, 0.29) is 12.5 Å². The number of esters is 1. The molecule has 0 spiro atoms. The van der Waals surface area contributed by atoms with Gasteiger partial charge in [0.05, 0.1) is 13.5 Å². The minimum atomic E-state index is -0.910. The van der Waals surface area contributed by atoms with Crippen LogP contribution in [0.5, 0.6) is 0 Å². The van der Waals surface area contributed by atoms with Gasteiger partial charge in [-0.2, -0.15) is 0 Å². The Morgan fingerprint density at radius 2 is 1.94 bits per heavy atom. The molecule has 5 heteroatoms. The fraction of sp³-hybridized carbons (Fsp3) is 0.385. The topological polar surface area (TPSA) is 75.6 Å². The third-order valence-electron chi connectivity index (χ3n) is 2.50. The van der Waals surface area contributed by atoms with Gasteiger partial charge in [0.15, 0.2) is 0 Å². The molecule has 5 nitrogen and oxygen atoms in total. The minimum Gasteiger partial charge on any atom is -0.481 e. The largest absolute Gasteiger partial charge is 0.481 e. The third kappa shape index (κ3) is 4.18. The number of rotatable bonds is 6. The van der Waals surface area contributed by atoms with Gasteiger partial charge in [0.25, 0.3) is 0 Å². The molecule has 0 aromatic heterocycles. The van der Waals surface area contributed by atoms with Crippen LogP contribution in [0.1, 0.15) is 24.9 Å². The van der Waals surface area contributed by atoms with Gasteiger partial charge in [0.2, 0.25) is 0 Å². The van der Waals surface area contributed by atoms with Crippen molar-refractivity contribution in [2.24, 2.45) is 0 Å². The Kier molecular flexibility index (Phi) is 5.32. The molecule has 1 rings (SSSR count). The van der Waals surface area contributed by atoms with Crippen LogP contribution in [0.15, 0.2) is 30.3 Å². The molecule has 0 fully saturated rings. The van der Waals surface area contributed by atoms with Crippen LogP contribution in [0.3, 0.4) is 0 Å². The Morgan fingerprint density at radius 1 is 1.33 bits per heavy atom. The van der Waals surface area contributed by atoms with Crippen molar-refractivity contribution in [3.05, 3.63) is 35.9 Å². The van der Waals surface area contributed by atoms with Crippen molar-refractivity contribution in [3.63, 3.8) is 0 Å². The first-order valence-corrected chi connectivity index (χ1v) is 5.65. The summed E-state index contributed by atoms with van der Waals surface area (Å²) >= 11 is 0. The number of benzene rings is 1. The quantitative estimate of drug-likeness (QED) is 0.746. The van der Waals surface area contributed by atoms with Crippen molar-refractivity contribution in [1.29, 1.82) is 0 Å². The lowest BCUT2D eigenvalue weighted by Gasteiger charge is -2.20. The molecule has 18 heavy (non-hydrogen) atoms. The van der Waals surface area contributed by atoms with Gasteiger partial charge in [-0.1, -0.05) is 30.3 Å². The number of hydrogen-bond donors (Lipinski definition) is 2. The summed E-state index contributed by atoms with van der Waals surface area (Å²) in [7, 11) is 1.31. The molecule has 0 saturated carbocycles. The van der Waals surface area contributed by atoms with Crippen LogP contribution >= 0.6 is 0 Å². The summed E-state index contributed by atoms with van der Waals surface area (Å²) in [4.78, 5) is 22.3.